The van der Waals surface area contributed by atoms with Crippen molar-refractivity contribution in [3.63, 3.8) is 0 Å². The quantitative estimate of drug-likeness (QED) is 0.0517. The van der Waals surface area contributed by atoms with Crippen molar-refractivity contribution in [1.82, 2.24) is 4.90 Å². The molecule has 2 unspecified atom stereocenters. The molecule has 1 saturated carbocycles. The predicted molar refractivity (Wildman–Crippen MR) is 210 cm³/mol. The topological polar surface area (TPSA) is 59.0 Å². The highest BCUT2D eigenvalue weighted by atomic mass is 31.2. The number of unbranched alkanes of at least 4 members (excludes halogenated alkanes) is 16. The zero-order valence-corrected chi connectivity index (χ0v) is 33.9. The summed E-state index contributed by atoms with van der Waals surface area (Å²) in [5, 5.41) is 9.77. The van der Waals surface area contributed by atoms with Gasteiger partial charge in [0.1, 0.15) is 0 Å². The van der Waals surface area contributed by atoms with Gasteiger partial charge in [0.2, 0.25) is 0 Å². The van der Waals surface area contributed by atoms with Gasteiger partial charge in [-0.05, 0) is 63.3 Å². The maximum absolute atomic E-state index is 14.6. The van der Waals surface area contributed by atoms with Crippen LogP contribution >= 0.6 is 7.60 Å². The van der Waals surface area contributed by atoms with Crippen LogP contribution < -0.4 is 0 Å². The SMILES string of the molecule is CCCCCCCCC(CCCCCC)COP(=O)(CCCN(CCO)C1CCCC1)OCC(CCCCCC)CCCCCCCC. The van der Waals surface area contributed by atoms with Crippen LogP contribution in [0, 0.1) is 11.8 Å². The van der Waals surface area contributed by atoms with E-state index in [0.717, 1.165) is 13.0 Å². The summed E-state index contributed by atoms with van der Waals surface area (Å²) in [5.74, 6) is 0.949. The lowest BCUT2D eigenvalue weighted by Crippen LogP contribution is -2.36. The number of hydrogen-bond donors (Lipinski definition) is 1. The Morgan fingerprint density at radius 3 is 1.33 bits per heavy atom. The minimum absolute atomic E-state index is 0.192. The second-order valence-electron chi connectivity index (χ2n) is 15.5. The molecule has 2 atom stereocenters. The van der Waals surface area contributed by atoms with Gasteiger partial charge in [-0.2, -0.15) is 0 Å². The van der Waals surface area contributed by atoms with Gasteiger partial charge in [-0.15, -0.1) is 0 Å². The highest BCUT2D eigenvalue weighted by Gasteiger charge is 2.29. The highest BCUT2D eigenvalue weighted by Crippen LogP contribution is 2.50. The summed E-state index contributed by atoms with van der Waals surface area (Å²) in [4.78, 5) is 2.45. The van der Waals surface area contributed by atoms with Gasteiger partial charge in [0.25, 0.3) is 0 Å². The fraction of sp³-hybridized carbons (Fsp3) is 1.00. The van der Waals surface area contributed by atoms with Crippen LogP contribution in [0.5, 0.6) is 0 Å². The smallest absolute Gasteiger partial charge is 0.330 e. The second kappa shape index (κ2) is 32.9. The van der Waals surface area contributed by atoms with E-state index in [2.05, 4.69) is 32.6 Å². The molecule has 0 aromatic rings. The number of aliphatic hydroxyl groups excluding tert-OH is 1. The highest BCUT2D eigenvalue weighted by molar-refractivity contribution is 7.53. The molecule has 0 heterocycles. The van der Waals surface area contributed by atoms with Crippen LogP contribution in [-0.4, -0.2) is 55.1 Å². The minimum Gasteiger partial charge on any atom is -0.395 e. The molecule has 0 aromatic heterocycles. The molecule has 1 N–H and O–H groups in total. The summed E-state index contributed by atoms with van der Waals surface area (Å²) in [5.41, 5.74) is 0. The fourth-order valence-electron chi connectivity index (χ4n) is 7.71. The molecule has 5 nitrogen and oxygen atoms in total. The standard InChI is InChI=1S/C42H86NO4P/c1-5-9-13-17-19-23-30-40(28-21-15-11-7-3)38-46-48(45,37-27-34-43(35-36-44)42-32-25-26-33-42)47-39-41(29-22-16-12-8-4)31-24-20-18-14-10-6-2/h40-42,44H,5-39H2,1-4H3. The average molecular weight is 700 g/mol. The van der Waals surface area contributed by atoms with E-state index in [1.165, 1.54) is 180 Å². The van der Waals surface area contributed by atoms with E-state index in [0.29, 0.717) is 43.8 Å². The van der Waals surface area contributed by atoms with Crippen LogP contribution in [0.4, 0.5) is 0 Å². The third-order valence-electron chi connectivity index (χ3n) is 11.0. The molecule has 1 fully saturated rings. The van der Waals surface area contributed by atoms with Crippen LogP contribution in [0.3, 0.4) is 0 Å². The molecule has 0 aliphatic heterocycles. The lowest BCUT2D eigenvalue weighted by atomic mass is 9.95. The van der Waals surface area contributed by atoms with Gasteiger partial charge in [-0.25, -0.2) is 0 Å². The molecule has 0 spiro atoms. The summed E-state index contributed by atoms with van der Waals surface area (Å²) >= 11 is 0. The Labute approximate surface area is 301 Å². The van der Waals surface area contributed by atoms with Gasteiger partial charge in [-0.3, -0.25) is 9.46 Å². The number of nitrogens with zero attached hydrogens (tertiary/aromatic N) is 1. The largest absolute Gasteiger partial charge is 0.395 e. The molecule has 288 valence electrons. The van der Waals surface area contributed by atoms with Crippen LogP contribution in [0.25, 0.3) is 0 Å². The van der Waals surface area contributed by atoms with Gasteiger partial charge in [-0.1, -0.05) is 169 Å². The first-order valence-electron chi connectivity index (χ1n) is 21.7. The molecule has 0 aromatic carbocycles. The van der Waals surface area contributed by atoms with Gasteiger partial charge in [0.15, 0.2) is 0 Å². The van der Waals surface area contributed by atoms with Gasteiger partial charge in [0, 0.05) is 12.6 Å². The van der Waals surface area contributed by atoms with Gasteiger partial charge in [0.05, 0.1) is 26.0 Å². The lowest BCUT2D eigenvalue weighted by molar-refractivity contribution is 0.139. The van der Waals surface area contributed by atoms with E-state index in [1.807, 2.05) is 0 Å². The van der Waals surface area contributed by atoms with Crippen molar-refractivity contribution in [2.24, 2.45) is 11.8 Å². The predicted octanol–water partition coefficient (Wildman–Crippen LogP) is 13.5. The molecule has 1 rings (SSSR count). The molecular formula is C42H86NO4P. The van der Waals surface area contributed by atoms with Crippen molar-refractivity contribution in [2.75, 3.05) is 39.1 Å². The average Bonchev–Trinajstić information content (AvgIpc) is 3.63. The summed E-state index contributed by atoms with van der Waals surface area (Å²) in [6, 6.07) is 0.563. The zero-order valence-electron chi connectivity index (χ0n) is 33.0. The molecule has 0 saturated heterocycles. The van der Waals surface area contributed by atoms with Crippen molar-refractivity contribution < 1.29 is 18.7 Å². The van der Waals surface area contributed by atoms with Crippen LogP contribution in [0.2, 0.25) is 0 Å². The first-order valence-corrected chi connectivity index (χ1v) is 23.5. The van der Waals surface area contributed by atoms with Crippen molar-refractivity contribution in [2.45, 2.75) is 220 Å². The van der Waals surface area contributed by atoms with Gasteiger partial charge < -0.3 is 14.2 Å². The van der Waals surface area contributed by atoms with E-state index in [-0.39, 0.29) is 6.61 Å². The molecular weight excluding hydrogens is 613 g/mol. The van der Waals surface area contributed by atoms with E-state index in [1.54, 1.807) is 0 Å². The van der Waals surface area contributed by atoms with Crippen LogP contribution in [0.15, 0.2) is 0 Å². The Morgan fingerprint density at radius 1 is 0.562 bits per heavy atom. The molecule has 0 amide bonds. The molecule has 0 radical (unpaired) electrons. The third-order valence-corrected chi connectivity index (χ3v) is 12.9. The molecule has 1 aliphatic carbocycles. The van der Waals surface area contributed by atoms with E-state index >= 15 is 0 Å². The molecule has 48 heavy (non-hydrogen) atoms. The van der Waals surface area contributed by atoms with E-state index in [9.17, 15) is 9.67 Å². The maximum Gasteiger partial charge on any atom is 0.330 e. The van der Waals surface area contributed by atoms with Gasteiger partial charge >= 0.3 is 7.60 Å². The Bertz CT molecular complexity index is 676. The summed E-state index contributed by atoms with van der Waals surface area (Å²) in [6.45, 7) is 12.1. The van der Waals surface area contributed by atoms with E-state index in [4.69, 9.17) is 9.05 Å². The first kappa shape index (κ1) is 46.1. The second-order valence-corrected chi connectivity index (χ2v) is 17.7. The molecule has 1 aliphatic rings. The van der Waals surface area contributed by atoms with E-state index < -0.39 is 7.60 Å². The Kier molecular flexibility index (Phi) is 31.6. The van der Waals surface area contributed by atoms with Crippen molar-refractivity contribution in [3.05, 3.63) is 0 Å². The summed E-state index contributed by atoms with van der Waals surface area (Å²) < 4.78 is 27.7. The van der Waals surface area contributed by atoms with Crippen LogP contribution in [-0.2, 0) is 13.6 Å². The van der Waals surface area contributed by atoms with Crippen molar-refractivity contribution >= 4 is 7.60 Å². The van der Waals surface area contributed by atoms with Crippen molar-refractivity contribution in [1.29, 1.82) is 0 Å². The third kappa shape index (κ3) is 25.1. The lowest BCUT2D eigenvalue weighted by Gasteiger charge is -2.29. The zero-order chi connectivity index (χ0) is 35.0. The Morgan fingerprint density at radius 2 is 0.938 bits per heavy atom. The first-order chi connectivity index (χ1) is 23.5. The Hall–Kier alpha value is 0.0700. The number of hydrogen-bond acceptors (Lipinski definition) is 5. The Balaban J connectivity index is 2.91. The van der Waals surface area contributed by atoms with Crippen molar-refractivity contribution in [3.8, 4) is 0 Å². The normalized spacial score (nSPS) is 16.5. The molecule has 6 heteroatoms. The fourth-order valence-corrected chi connectivity index (χ4v) is 9.45. The molecule has 0 bridgehead atoms. The minimum atomic E-state index is -3.22. The van der Waals surface area contributed by atoms with Crippen LogP contribution in [0.1, 0.15) is 214 Å². The summed E-state index contributed by atoms with van der Waals surface area (Å²) in [7, 11) is -3.22. The number of aliphatic hydroxyl groups is 1. The monoisotopic (exact) mass is 700 g/mol. The summed E-state index contributed by atoms with van der Waals surface area (Å²) in [6.07, 6.45) is 37.0. The number of rotatable bonds is 37. The maximum atomic E-state index is 14.6.